The van der Waals surface area contributed by atoms with E-state index in [0.29, 0.717) is 31.6 Å². The van der Waals surface area contributed by atoms with Gasteiger partial charge in [0.15, 0.2) is 0 Å². The van der Waals surface area contributed by atoms with Crippen LogP contribution in [-0.4, -0.2) is 55.7 Å². The Balaban J connectivity index is 0.00000312. The van der Waals surface area contributed by atoms with Gasteiger partial charge in [0.1, 0.15) is 11.9 Å². The third kappa shape index (κ3) is 6.49. The number of nitrogens with two attached hydrogens (primary N) is 1. The predicted molar refractivity (Wildman–Crippen MR) is 95.3 cm³/mol. The van der Waals surface area contributed by atoms with Gasteiger partial charge in [-0.3, -0.25) is 4.79 Å². The van der Waals surface area contributed by atoms with Crippen molar-refractivity contribution in [2.45, 2.75) is 24.9 Å². The van der Waals surface area contributed by atoms with E-state index in [4.69, 9.17) is 10.5 Å². The molecule has 1 aromatic rings. The number of ether oxygens (including phenoxy) is 1. The number of rotatable bonds is 5. The van der Waals surface area contributed by atoms with Gasteiger partial charge in [0.05, 0.1) is 6.61 Å². The van der Waals surface area contributed by atoms with Crippen molar-refractivity contribution >= 4 is 30.0 Å². The van der Waals surface area contributed by atoms with Crippen LogP contribution in [0.5, 0.6) is 0 Å². The lowest BCUT2D eigenvalue weighted by atomic mass is 10.0. The van der Waals surface area contributed by atoms with Crippen molar-refractivity contribution < 1.29 is 18.7 Å². The average Bonchev–Trinajstić information content (AvgIpc) is 2.57. The number of hydrogen-bond acceptors (Lipinski definition) is 4. The zero-order chi connectivity index (χ0) is 17.5. The van der Waals surface area contributed by atoms with Crippen LogP contribution in [0.25, 0.3) is 0 Å². The molecule has 3 amide bonds. The van der Waals surface area contributed by atoms with Crippen molar-refractivity contribution in [3.05, 3.63) is 30.1 Å². The number of urea groups is 1. The first-order chi connectivity index (χ1) is 11.5. The van der Waals surface area contributed by atoms with Crippen LogP contribution in [0.2, 0.25) is 0 Å². The Labute approximate surface area is 152 Å². The lowest BCUT2D eigenvalue weighted by molar-refractivity contribution is -0.134. The first-order valence-electron chi connectivity index (χ1n) is 7.86. The second-order valence-electron chi connectivity index (χ2n) is 5.77. The smallest absolute Gasteiger partial charge is 0.319 e. The van der Waals surface area contributed by atoms with Gasteiger partial charge in [-0.2, -0.15) is 0 Å². The van der Waals surface area contributed by atoms with Gasteiger partial charge in [-0.05, 0) is 37.1 Å². The molecule has 7 nitrogen and oxygen atoms in total. The van der Waals surface area contributed by atoms with E-state index < -0.39 is 6.04 Å². The number of piperidine rings is 1. The fourth-order valence-corrected chi connectivity index (χ4v) is 2.62. The maximum atomic E-state index is 12.8. The third-order valence-corrected chi connectivity index (χ3v) is 3.91. The SMILES string of the molecule is COCC(N)C(=O)N1CCC(NC(=O)Nc2ccc(F)cc2)CC1.Cl. The van der Waals surface area contributed by atoms with Crippen LogP contribution in [0.3, 0.4) is 0 Å². The van der Waals surface area contributed by atoms with Gasteiger partial charge < -0.3 is 26.0 Å². The molecule has 1 aliphatic heterocycles. The summed E-state index contributed by atoms with van der Waals surface area (Å²) in [5, 5.41) is 5.51. The zero-order valence-electron chi connectivity index (χ0n) is 14.0. The van der Waals surface area contributed by atoms with Crippen molar-refractivity contribution in [2.75, 3.05) is 32.1 Å². The van der Waals surface area contributed by atoms with Crippen molar-refractivity contribution in [1.29, 1.82) is 0 Å². The van der Waals surface area contributed by atoms with E-state index in [1.54, 1.807) is 4.90 Å². The van der Waals surface area contributed by atoms with E-state index in [1.807, 2.05) is 0 Å². The molecule has 140 valence electrons. The van der Waals surface area contributed by atoms with E-state index in [-0.39, 0.29) is 42.8 Å². The van der Waals surface area contributed by atoms with Crippen LogP contribution in [0.15, 0.2) is 24.3 Å². The standard InChI is InChI=1S/C16H23FN4O3.ClH/c1-24-10-14(18)15(22)21-8-6-13(7-9-21)20-16(23)19-12-4-2-11(17)3-5-12;/h2-5,13-14H,6-10,18H2,1H3,(H2,19,20,23);1H. The summed E-state index contributed by atoms with van der Waals surface area (Å²) in [5.74, 6) is -0.490. The predicted octanol–water partition coefficient (Wildman–Crippen LogP) is 1.33. The van der Waals surface area contributed by atoms with Crippen LogP contribution in [-0.2, 0) is 9.53 Å². The number of halogens is 2. The van der Waals surface area contributed by atoms with Gasteiger partial charge in [0.25, 0.3) is 0 Å². The summed E-state index contributed by atoms with van der Waals surface area (Å²) in [4.78, 5) is 25.7. The van der Waals surface area contributed by atoms with Crippen molar-refractivity contribution in [3.63, 3.8) is 0 Å². The third-order valence-electron chi connectivity index (χ3n) is 3.91. The van der Waals surface area contributed by atoms with Gasteiger partial charge in [-0.25, -0.2) is 9.18 Å². The Bertz CT molecular complexity index is 565. The number of likely N-dealkylation sites (tertiary alicyclic amines) is 1. The van der Waals surface area contributed by atoms with Gasteiger partial charge >= 0.3 is 6.03 Å². The quantitative estimate of drug-likeness (QED) is 0.724. The fourth-order valence-electron chi connectivity index (χ4n) is 2.62. The van der Waals surface area contributed by atoms with E-state index >= 15 is 0 Å². The van der Waals surface area contributed by atoms with E-state index in [0.717, 1.165) is 0 Å². The van der Waals surface area contributed by atoms with Crippen molar-refractivity contribution in [3.8, 4) is 0 Å². The number of nitrogens with zero attached hydrogens (tertiary/aromatic N) is 1. The monoisotopic (exact) mass is 374 g/mol. The lowest BCUT2D eigenvalue weighted by Gasteiger charge is -2.33. The number of methoxy groups -OCH3 is 1. The van der Waals surface area contributed by atoms with Crippen LogP contribution in [0.1, 0.15) is 12.8 Å². The van der Waals surface area contributed by atoms with Gasteiger partial charge in [0.2, 0.25) is 5.91 Å². The number of hydrogen-bond donors (Lipinski definition) is 3. The van der Waals surface area contributed by atoms with E-state index in [2.05, 4.69) is 10.6 Å². The molecule has 0 radical (unpaired) electrons. The summed E-state index contributed by atoms with van der Waals surface area (Å²) >= 11 is 0. The molecule has 0 saturated carbocycles. The minimum Gasteiger partial charge on any atom is -0.383 e. The molecule has 4 N–H and O–H groups in total. The lowest BCUT2D eigenvalue weighted by Crippen LogP contribution is -2.52. The topological polar surface area (TPSA) is 96.7 Å². The number of anilines is 1. The maximum absolute atomic E-state index is 12.8. The molecule has 25 heavy (non-hydrogen) atoms. The Kier molecular flexibility index (Phi) is 8.60. The summed E-state index contributed by atoms with van der Waals surface area (Å²) < 4.78 is 17.7. The van der Waals surface area contributed by atoms with E-state index in [1.165, 1.54) is 31.4 Å². The highest BCUT2D eigenvalue weighted by Crippen LogP contribution is 2.12. The summed E-state index contributed by atoms with van der Waals surface area (Å²) in [6.45, 7) is 1.27. The Morgan fingerprint density at radius 2 is 1.92 bits per heavy atom. The van der Waals surface area contributed by atoms with Crippen LogP contribution < -0.4 is 16.4 Å². The molecule has 1 saturated heterocycles. The minimum absolute atomic E-state index is 0. The fraction of sp³-hybridized carbons (Fsp3) is 0.500. The summed E-state index contributed by atoms with van der Waals surface area (Å²) in [7, 11) is 1.50. The molecule has 1 heterocycles. The second-order valence-corrected chi connectivity index (χ2v) is 5.77. The molecule has 0 aromatic heterocycles. The summed E-state index contributed by atoms with van der Waals surface area (Å²) in [5.41, 5.74) is 6.27. The van der Waals surface area contributed by atoms with Crippen LogP contribution >= 0.6 is 12.4 Å². The first kappa shape index (κ1) is 21.1. The molecular weight excluding hydrogens is 351 g/mol. The summed E-state index contributed by atoms with van der Waals surface area (Å²) in [6.07, 6.45) is 1.31. The molecule has 0 spiro atoms. The second kappa shape index (κ2) is 10.2. The zero-order valence-corrected chi connectivity index (χ0v) is 14.9. The average molecular weight is 375 g/mol. The molecule has 1 fully saturated rings. The first-order valence-corrected chi connectivity index (χ1v) is 7.86. The molecule has 1 atom stereocenters. The molecule has 9 heteroatoms. The molecule has 1 aromatic carbocycles. The van der Waals surface area contributed by atoms with Gasteiger partial charge in [-0.1, -0.05) is 0 Å². The van der Waals surface area contributed by atoms with Crippen LogP contribution in [0.4, 0.5) is 14.9 Å². The number of benzene rings is 1. The summed E-state index contributed by atoms with van der Waals surface area (Å²) in [6, 6.07) is 4.53. The van der Waals surface area contributed by atoms with Crippen LogP contribution in [0, 0.1) is 5.82 Å². The van der Waals surface area contributed by atoms with Crippen molar-refractivity contribution in [1.82, 2.24) is 10.2 Å². The molecule has 1 unspecified atom stereocenters. The molecule has 0 aliphatic carbocycles. The highest BCUT2D eigenvalue weighted by Gasteiger charge is 2.26. The number of amides is 3. The molecule has 1 aliphatic rings. The molecule has 0 bridgehead atoms. The molecular formula is C16H24ClFN4O3. The Morgan fingerprint density at radius 3 is 2.48 bits per heavy atom. The highest BCUT2D eigenvalue weighted by atomic mass is 35.5. The highest BCUT2D eigenvalue weighted by molar-refractivity contribution is 5.89. The minimum atomic E-state index is -0.652. The van der Waals surface area contributed by atoms with Crippen molar-refractivity contribution in [2.24, 2.45) is 5.73 Å². The normalized spacial score (nSPS) is 15.9. The van der Waals surface area contributed by atoms with Gasteiger partial charge in [-0.15, -0.1) is 12.4 Å². The van der Waals surface area contributed by atoms with Gasteiger partial charge in [0, 0.05) is 31.9 Å². The van der Waals surface area contributed by atoms with E-state index in [9.17, 15) is 14.0 Å². The number of carbonyl (C=O) groups is 2. The largest absolute Gasteiger partial charge is 0.383 e. The number of carbonyl (C=O) groups excluding carboxylic acids is 2. The molecule has 2 rings (SSSR count). The number of nitrogens with one attached hydrogen (secondary N) is 2. The maximum Gasteiger partial charge on any atom is 0.319 e. The Hall–Kier alpha value is -1.90. The Morgan fingerprint density at radius 1 is 1.32 bits per heavy atom.